The lowest BCUT2D eigenvalue weighted by Crippen LogP contribution is -2.35. The molecule has 1 aliphatic heterocycles. The first kappa shape index (κ1) is 19.4. The summed E-state index contributed by atoms with van der Waals surface area (Å²) in [5, 5.41) is 0. The van der Waals surface area contributed by atoms with Crippen molar-refractivity contribution in [1.29, 1.82) is 0 Å². The molecule has 0 aliphatic carbocycles. The van der Waals surface area contributed by atoms with Crippen LogP contribution in [0.2, 0.25) is 0 Å². The van der Waals surface area contributed by atoms with E-state index < -0.39 is 11.7 Å². The van der Waals surface area contributed by atoms with Gasteiger partial charge in [0.2, 0.25) is 5.88 Å². The predicted molar refractivity (Wildman–Crippen MR) is 92.7 cm³/mol. The highest BCUT2D eigenvalue weighted by Gasteiger charge is 2.31. The van der Waals surface area contributed by atoms with E-state index in [-0.39, 0.29) is 12.0 Å². The Morgan fingerprint density at radius 1 is 1.26 bits per heavy atom. The van der Waals surface area contributed by atoms with E-state index in [1.807, 2.05) is 24.3 Å². The van der Waals surface area contributed by atoms with Gasteiger partial charge >= 0.3 is 6.18 Å². The van der Waals surface area contributed by atoms with Crippen molar-refractivity contribution in [1.82, 2.24) is 9.88 Å². The number of benzene rings is 1. The summed E-state index contributed by atoms with van der Waals surface area (Å²) in [5.74, 6) is 0.945. The fraction of sp³-hybridized carbons (Fsp3) is 0.421. The van der Waals surface area contributed by atoms with E-state index in [0.29, 0.717) is 26.3 Å². The minimum atomic E-state index is -4.41. The van der Waals surface area contributed by atoms with Crippen LogP contribution < -0.4 is 9.47 Å². The average Bonchev–Trinajstić information content (AvgIpc) is 2.86. The normalized spacial score (nSPS) is 18.7. The average molecular weight is 382 g/mol. The number of nitrogens with zero attached hydrogens (tertiary/aromatic N) is 2. The molecule has 5 nitrogen and oxygen atoms in total. The molecule has 1 aromatic heterocycles. The minimum Gasteiger partial charge on any atom is -0.497 e. The quantitative estimate of drug-likeness (QED) is 0.793. The lowest BCUT2D eigenvalue weighted by molar-refractivity contribution is -0.137. The minimum absolute atomic E-state index is 0.153. The number of halogens is 3. The van der Waals surface area contributed by atoms with Crippen molar-refractivity contribution < 1.29 is 27.4 Å². The van der Waals surface area contributed by atoms with Gasteiger partial charge in [-0.1, -0.05) is 12.1 Å². The molecule has 0 unspecified atom stereocenters. The second-order valence-electron chi connectivity index (χ2n) is 6.28. The molecule has 1 aromatic carbocycles. The van der Waals surface area contributed by atoms with Crippen molar-refractivity contribution in [3.63, 3.8) is 0 Å². The molecular weight excluding hydrogens is 361 g/mol. The van der Waals surface area contributed by atoms with E-state index in [1.165, 1.54) is 6.07 Å². The first-order valence-corrected chi connectivity index (χ1v) is 8.57. The predicted octanol–water partition coefficient (Wildman–Crippen LogP) is 3.39. The van der Waals surface area contributed by atoms with Crippen LogP contribution in [-0.4, -0.2) is 49.4 Å². The summed E-state index contributed by atoms with van der Waals surface area (Å²) in [6.45, 7) is 2.93. The third-order valence-electron chi connectivity index (χ3n) is 4.21. The number of alkyl halides is 3. The van der Waals surface area contributed by atoms with E-state index in [2.05, 4.69) is 9.88 Å². The van der Waals surface area contributed by atoms with Crippen LogP contribution in [-0.2, 0) is 17.5 Å². The molecule has 0 saturated carbocycles. The Morgan fingerprint density at radius 3 is 2.81 bits per heavy atom. The van der Waals surface area contributed by atoms with E-state index >= 15 is 0 Å². The third-order valence-corrected chi connectivity index (χ3v) is 4.21. The monoisotopic (exact) mass is 382 g/mol. The molecule has 0 bridgehead atoms. The van der Waals surface area contributed by atoms with E-state index in [1.54, 1.807) is 7.11 Å². The Hall–Kier alpha value is -2.32. The van der Waals surface area contributed by atoms with Crippen LogP contribution in [0.1, 0.15) is 11.1 Å². The van der Waals surface area contributed by atoms with Gasteiger partial charge in [-0.25, -0.2) is 4.98 Å². The molecule has 1 fully saturated rings. The van der Waals surface area contributed by atoms with Gasteiger partial charge in [-0.2, -0.15) is 13.2 Å². The molecule has 0 N–H and O–H groups in total. The molecule has 3 rings (SSSR count). The molecule has 1 atom stereocenters. The first-order valence-electron chi connectivity index (χ1n) is 8.57. The van der Waals surface area contributed by atoms with Crippen LogP contribution in [0, 0.1) is 0 Å². The molecule has 2 aromatic rings. The zero-order valence-electron chi connectivity index (χ0n) is 14.9. The zero-order valence-corrected chi connectivity index (χ0v) is 14.9. The maximum absolute atomic E-state index is 12.6. The molecule has 8 heteroatoms. The van der Waals surface area contributed by atoms with Gasteiger partial charge in [0.1, 0.15) is 11.9 Å². The topological polar surface area (TPSA) is 43.8 Å². The first-order chi connectivity index (χ1) is 12.9. The Kier molecular flexibility index (Phi) is 6.18. The number of methoxy groups -OCH3 is 1. The standard InChI is InChI=1S/C19H21F3N2O3/c1-25-16-4-2-3-14(9-16)11-24-7-8-26-13-17(12-24)27-18-6-5-15(10-23-18)19(20,21)22/h2-6,9-10,17H,7-8,11-13H2,1H3/t17-/m1/s1. The Balaban J connectivity index is 1.62. The highest BCUT2D eigenvalue weighted by atomic mass is 19.4. The number of pyridine rings is 1. The van der Waals surface area contributed by atoms with Gasteiger partial charge < -0.3 is 14.2 Å². The number of rotatable bonds is 5. The van der Waals surface area contributed by atoms with Crippen molar-refractivity contribution in [3.05, 3.63) is 53.7 Å². The van der Waals surface area contributed by atoms with Crippen LogP contribution in [0.15, 0.2) is 42.6 Å². The smallest absolute Gasteiger partial charge is 0.417 e. The van der Waals surface area contributed by atoms with Crippen LogP contribution in [0.3, 0.4) is 0 Å². The van der Waals surface area contributed by atoms with Crippen LogP contribution in [0.4, 0.5) is 13.2 Å². The van der Waals surface area contributed by atoms with Gasteiger partial charge in [0.05, 0.1) is 25.9 Å². The fourth-order valence-corrected chi connectivity index (χ4v) is 2.87. The van der Waals surface area contributed by atoms with Crippen molar-refractivity contribution in [2.24, 2.45) is 0 Å². The van der Waals surface area contributed by atoms with Gasteiger partial charge in [0.25, 0.3) is 0 Å². The largest absolute Gasteiger partial charge is 0.497 e. The van der Waals surface area contributed by atoms with Gasteiger partial charge in [0.15, 0.2) is 0 Å². The zero-order chi connectivity index (χ0) is 19.3. The maximum atomic E-state index is 12.6. The van der Waals surface area contributed by atoms with Gasteiger partial charge in [0, 0.05) is 31.9 Å². The van der Waals surface area contributed by atoms with Crippen molar-refractivity contribution in [3.8, 4) is 11.6 Å². The Morgan fingerprint density at radius 2 is 2.11 bits per heavy atom. The molecule has 27 heavy (non-hydrogen) atoms. The van der Waals surface area contributed by atoms with E-state index in [9.17, 15) is 13.2 Å². The fourth-order valence-electron chi connectivity index (χ4n) is 2.87. The number of hydrogen-bond acceptors (Lipinski definition) is 5. The second kappa shape index (κ2) is 8.58. The molecule has 0 amide bonds. The lowest BCUT2D eigenvalue weighted by Gasteiger charge is -2.24. The Labute approximate surface area is 155 Å². The highest BCUT2D eigenvalue weighted by molar-refractivity contribution is 5.28. The number of aromatic nitrogens is 1. The Bertz CT molecular complexity index is 738. The van der Waals surface area contributed by atoms with E-state index in [0.717, 1.165) is 30.1 Å². The summed E-state index contributed by atoms with van der Waals surface area (Å²) in [7, 11) is 1.62. The third kappa shape index (κ3) is 5.58. The highest BCUT2D eigenvalue weighted by Crippen LogP contribution is 2.29. The molecule has 1 aliphatic rings. The molecule has 0 radical (unpaired) electrons. The summed E-state index contributed by atoms with van der Waals surface area (Å²) in [6, 6.07) is 10.0. The SMILES string of the molecule is COc1cccc(CN2CCOC[C@H](Oc3ccc(C(F)(F)F)cn3)C2)c1. The summed E-state index contributed by atoms with van der Waals surface area (Å²) in [6.07, 6.45) is -3.95. The molecule has 0 spiro atoms. The summed E-state index contributed by atoms with van der Waals surface area (Å²) in [4.78, 5) is 5.95. The summed E-state index contributed by atoms with van der Waals surface area (Å²) < 4.78 is 54.4. The van der Waals surface area contributed by atoms with Crippen molar-refractivity contribution in [2.75, 3.05) is 33.4 Å². The van der Waals surface area contributed by atoms with Crippen LogP contribution >= 0.6 is 0 Å². The second-order valence-corrected chi connectivity index (χ2v) is 6.28. The van der Waals surface area contributed by atoms with Gasteiger partial charge in [-0.05, 0) is 23.8 Å². The number of hydrogen-bond donors (Lipinski definition) is 0. The van der Waals surface area contributed by atoms with Crippen molar-refractivity contribution in [2.45, 2.75) is 18.8 Å². The van der Waals surface area contributed by atoms with Gasteiger partial charge in [-0.3, -0.25) is 4.90 Å². The molecule has 146 valence electrons. The maximum Gasteiger partial charge on any atom is 0.417 e. The number of ether oxygens (including phenoxy) is 3. The molecular formula is C19H21F3N2O3. The van der Waals surface area contributed by atoms with Crippen LogP contribution in [0.25, 0.3) is 0 Å². The molecule has 1 saturated heterocycles. The summed E-state index contributed by atoms with van der Waals surface area (Å²) >= 11 is 0. The lowest BCUT2D eigenvalue weighted by atomic mass is 10.2. The van der Waals surface area contributed by atoms with Gasteiger partial charge in [-0.15, -0.1) is 0 Å². The van der Waals surface area contributed by atoms with Crippen molar-refractivity contribution >= 4 is 0 Å². The van der Waals surface area contributed by atoms with E-state index in [4.69, 9.17) is 14.2 Å². The molecule has 2 heterocycles. The van der Waals surface area contributed by atoms with Crippen LogP contribution in [0.5, 0.6) is 11.6 Å². The summed E-state index contributed by atoms with van der Waals surface area (Å²) in [5.41, 5.74) is 0.300.